The highest BCUT2D eigenvalue weighted by molar-refractivity contribution is 7.47. The van der Waals surface area contributed by atoms with Crippen molar-refractivity contribution in [3.05, 3.63) is 85.1 Å². The van der Waals surface area contributed by atoms with Gasteiger partial charge < -0.3 is 18.9 Å². The molecule has 340 valence electrons. The number of phosphoric ester groups is 1. The molecule has 2 unspecified atom stereocenters. The number of carbonyl (C=O) groups excluding carboxylic acids is 1. The fourth-order valence-electron chi connectivity index (χ4n) is 5.83. The largest absolute Gasteiger partial charge is 0.472 e. The van der Waals surface area contributed by atoms with Gasteiger partial charge in [-0.25, -0.2) is 4.57 Å². The number of hydrogen-bond donors (Lipinski definition) is 1. The molecule has 59 heavy (non-hydrogen) atoms. The molecule has 9 heteroatoms. The summed E-state index contributed by atoms with van der Waals surface area (Å²) in [5, 5.41) is 0. The molecule has 0 radical (unpaired) electrons. The van der Waals surface area contributed by atoms with Crippen LogP contribution in [0.5, 0.6) is 0 Å². The van der Waals surface area contributed by atoms with Crippen LogP contribution in [0.25, 0.3) is 0 Å². The lowest BCUT2D eigenvalue weighted by molar-refractivity contribution is -0.870. The zero-order chi connectivity index (χ0) is 43.4. The van der Waals surface area contributed by atoms with Gasteiger partial charge in [-0.2, -0.15) is 0 Å². The number of hydrogen-bond acceptors (Lipinski definition) is 6. The maximum atomic E-state index is 12.7. The summed E-state index contributed by atoms with van der Waals surface area (Å²) in [4.78, 5) is 22.9. The SMILES string of the molecule is CC/C=C\C/C=C\C/C=C\C/C=C\C/C=C\C/C=C\CCCCCCCCCOCC(COP(=O)(O)OCC[N+](C)(C)C)OC(=O)CCCCCCC/C=C\CCCC. The molecule has 0 aromatic rings. The summed E-state index contributed by atoms with van der Waals surface area (Å²) in [6.07, 6.45) is 56.3. The Morgan fingerprint density at radius 2 is 0.983 bits per heavy atom. The molecule has 0 aliphatic carbocycles. The van der Waals surface area contributed by atoms with Crippen molar-refractivity contribution >= 4 is 13.8 Å². The molecule has 2 atom stereocenters. The second kappa shape index (κ2) is 42.4. The Balaban J connectivity index is 4.16. The molecule has 0 saturated heterocycles. The average molecular weight is 847 g/mol. The number of rotatable bonds is 42. The van der Waals surface area contributed by atoms with Crippen molar-refractivity contribution in [2.45, 2.75) is 174 Å². The Kier molecular flexibility index (Phi) is 40.7. The molecule has 0 aliphatic heterocycles. The van der Waals surface area contributed by atoms with Crippen LogP contribution in [-0.4, -0.2) is 75.6 Å². The molecule has 0 aliphatic rings. The summed E-state index contributed by atoms with van der Waals surface area (Å²) >= 11 is 0. The van der Waals surface area contributed by atoms with Gasteiger partial charge in [0.2, 0.25) is 0 Å². The topological polar surface area (TPSA) is 91.3 Å². The van der Waals surface area contributed by atoms with Gasteiger partial charge in [-0.15, -0.1) is 0 Å². The number of phosphoric acid groups is 1. The lowest BCUT2D eigenvalue weighted by Gasteiger charge is -2.24. The predicted octanol–water partition coefficient (Wildman–Crippen LogP) is 14.1. The van der Waals surface area contributed by atoms with E-state index in [1.54, 1.807) is 0 Å². The molecule has 0 bridgehead atoms. The maximum absolute atomic E-state index is 12.7. The molecule has 0 amide bonds. The molecule has 0 saturated carbocycles. The van der Waals surface area contributed by atoms with Crippen molar-refractivity contribution in [2.24, 2.45) is 0 Å². The zero-order valence-electron chi connectivity index (χ0n) is 38.5. The fourth-order valence-corrected chi connectivity index (χ4v) is 6.57. The summed E-state index contributed by atoms with van der Waals surface area (Å²) in [5.74, 6) is -0.333. The number of ether oxygens (including phenoxy) is 2. The molecular formula is C50H89NO7P+. The second-order valence-corrected chi connectivity index (χ2v) is 17.9. The van der Waals surface area contributed by atoms with Gasteiger partial charge in [0.25, 0.3) is 0 Å². The van der Waals surface area contributed by atoms with Gasteiger partial charge in [-0.05, 0) is 83.5 Å². The number of carbonyl (C=O) groups is 1. The first-order valence-corrected chi connectivity index (χ1v) is 24.8. The predicted molar refractivity (Wildman–Crippen MR) is 251 cm³/mol. The van der Waals surface area contributed by atoms with Crippen molar-refractivity contribution < 1.29 is 37.3 Å². The summed E-state index contributed by atoms with van der Waals surface area (Å²) < 4.78 is 35.0. The Morgan fingerprint density at radius 1 is 0.542 bits per heavy atom. The minimum absolute atomic E-state index is 0.0802. The maximum Gasteiger partial charge on any atom is 0.472 e. The quantitative estimate of drug-likeness (QED) is 0.0215. The third kappa shape index (κ3) is 46.6. The number of unbranched alkanes of at least 4 members (excludes halogenated alkanes) is 14. The van der Waals surface area contributed by atoms with Gasteiger partial charge in [-0.1, -0.05) is 163 Å². The third-order valence-corrected chi connectivity index (χ3v) is 10.4. The van der Waals surface area contributed by atoms with Gasteiger partial charge in [0, 0.05) is 13.0 Å². The summed E-state index contributed by atoms with van der Waals surface area (Å²) in [6.45, 7) is 5.41. The highest BCUT2D eigenvalue weighted by Gasteiger charge is 2.26. The minimum atomic E-state index is -4.28. The van der Waals surface area contributed by atoms with Crippen molar-refractivity contribution in [2.75, 3.05) is 54.1 Å². The first kappa shape index (κ1) is 56.7. The van der Waals surface area contributed by atoms with Gasteiger partial charge in [0.15, 0.2) is 0 Å². The third-order valence-electron chi connectivity index (χ3n) is 9.44. The van der Waals surface area contributed by atoms with Gasteiger partial charge in [0.1, 0.15) is 19.3 Å². The molecule has 0 aromatic carbocycles. The van der Waals surface area contributed by atoms with Crippen molar-refractivity contribution in [1.82, 2.24) is 0 Å². The highest BCUT2D eigenvalue weighted by Crippen LogP contribution is 2.43. The van der Waals surface area contributed by atoms with E-state index in [9.17, 15) is 14.3 Å². The molecular weight excluding hydrogens is 758 g/mol. The lowest BCUT2D eigenvalue weighted by Crippen LogP contribution is -2.37. The number of likely N-dealkylation sites (N-methyl/N-ethyl adjacent to an activating group) is 1. The summed E-state index contributed by atoms with van der Waals surface area (Å²) in [5.41, 5.74) is 0. The lowest BCUT2D eigenvalue weighted by atomic mass is 10.1. The van der Waals surface area contributed by atoms with E-state index in [1.807, 2.05) is 21.1 Å². The number of nitrogens with zero attached hydrogens (tertiary/aromatic N) is 1. The zero-order valence-corrected chi connectivity index (χ0v) is 39.4. The first-order chi connectivity index (χ1) is 28.6. The van der Waals surface area contributed by atoms with E-state index in [2.05, 4.69) is 98.9 Å². The second-order valence-electron chi connectivity index (χ2n) is 16.4. The van der Waals surface area contributed by atoms with Gasteiger partial charge >= 0.3 is 13.8 Å². The van der Waals surface area contributed by atoms with Crippen LogP contribution in [0, 0.1) is 0 Å². The number of allylic oxidation sites excluding steroid dienone is 14. The van der Waals surface area contributed by atoms with Crippen LogP contribution in [-0.2, 0) is 27.9 Å². The molecule has 0 aromatic heterocycles. The highest BCUT2D eigenvalue weighted by atomic mass is 31.2. The van der Waals surface area contributed by atoms with Gasteiger partial charge in [-0.3, -0.25) is 13.8 Å². The van der Waals surface area contributed by atoms with E-state index in [-0.39, 0.29) is 25.8 Å². The van der Waals surface area contributed by atoms with E-state index in [4.69, 9.17) is 18.5 Å². The van der Waals surface area contributed by atoms with Crippen molar-refractivity contribution in [1.29, 1.82) is 0 Å². The van der Waals surface area contributed by atoms with Crippen LogP contribution in [0.4, 0.5) is 0 Å². The minimum Gasteiger partial charge on any atom is -0.457 e. The molecule has 0 rings (SSSR count). The van der Waals surface area contributed by atoms with E-state index < -0.39 is 13.9 Å². The standard InChI is InChI=1S/C50H88NO7P/c1-6-8-10-12-14-16-18-19-20-21-22-23-24-25-26-27-28-29-30-31-32-34-36-38-40-42-45-55-47-49(48-57-59(53,54)56-46-44-51(3,4)5)58-50(52)43-41-39-37-35-33-17-15-13-11-9-7-2/h8,10,13-16,19-20,22-23,25-26,28-29,49H,6-7,9,11-12,17-18,21,24,27,30-48H2,1-5H3/p+1/b10-8-,15-13-,16-14-,20-19-,23-22-,26-25-,29-28-. The Labute approximate surface area is 363 Å². The van der Waals surface area contributed by atoms with Crippen LogP contribution in [0.2, 0.25) is 0 Å². The number of quaternary nitrogens is 1. The van der Waals surface area contributed by atoms with Crippen LogP contribution in [0.15, 0.2) is 85.1 Å². The number of esters is 1. The molecule has 0 spiro atoms. The average Bonchev–Trinajstić information content (AvgIpc) is 3.19. The van der Waals surface area contributed by atoms with Gasteiger partial charge in [0.05, 0.1) is 34.4 Å². The molecule has 8 nitrogen and oxygen atoms in total. The van der Waals surface area contributed by atoms with E-state index in [0.29, 0.717) is 24.1 Å². The van der Waals surface area contributed by atoms with Crippen molar-refractivity contribution in [3.8, 4) is 0 Å². The summed E-state index contributed by atoms with van der Waals surface area (Å²) in [7, 11) is 1.64. The molecule has 0 fully saturated rings. The van der Waals surface area contributed by atoms with Crippen LogP contribution in [0.3, 0.4) is 0 Å². The first-order valence-electron chi connectivity index (χ1n) is 23.3. The summed E-state index contributed by atoms with van der Waals surface area (Å²) in [6, 6.07) is 0. The molecule has 1 N–H and O–H groups in total. The van der Waals surface area contributed by atoms with Crippen LogP contribution in [0.1, 0.15) is 168 Å². The smallest absolute Gasteiger partial charge is 0.457 e. The van der Waals surface area contributed by atoms with Crippen LogP contribution >= 0.6 is 7.82 Å². The Morgan fingerprint density at radius 3 is 1.49 bits per heavy atom. The van der Waals surface area contributed by atoms with E-state index >= 15 is 0 Å². The monoisotopic (exact) mass is 847 g/mol. The van der Waals surface area contributed by atoms with Crippen LogP contribution < -0.4 is 0 Å². The normalized spacial score (nSPS) is 14.5. The molecule has 0 heterocycles. The fraction of sp³-hybridized carbons (Fsp3) is 0.700. The van der Waals surface area contributed by atoms with E-state index in [0.717, 1.165) is 89.9 Å². The Bertz CT molecular complexity index is 1210. The Hall–Kier alpha value is -2.32. The van der Waals surface area contributed by atoms with E-state index in [1.165, 1.54) is 57.8 Å². The van der Waals surface area contributed by atoms with Crippen molar-refractivity contribution in [3.63, 3.8) is 0 Å².